The van der Waals surface area contributed by atoms with Gasteiger partial charge in [0, 0.05) is 17.6 Å². The molecule has 0 radical (unpaired) electrons. The quantitative estimate of drug-likeness (QED) is 0.779. The Bertz CT molecular complexity index is 355. The van der Waals surface area contributed by atoms with Gasteiger partial charge in [-0.1, -0.05) is 0 Å². The van der Waals surface area contributed by atoms with Crippen LogP contribution < -0.4 is 5.32 Å². The molecule has 1 aromatic rings. The first-order valence-electron chi connectivity index (χ1n) is 5.35. The molecule has 0 saturated carbocycles. The summed E-state index contributed by atoms with van der Waals surface area (Å²) < 4.78 is 6.22. The van der Waals surface area contributed by atoms with E-state index in [4.69, 9.17) is 4.74 Å². The first-order valence-corrected chi connectivity index (χ1v) is 7.02. The van der Waals surface area contributed by atoms with Crippen molar-refractivity contribution in [2.24, 2.45) is 0 Å². The highest BCUT2D eigenvalue weighted by Crippen LogP contribution is 2.21. The van der Waals surface area contributed by atoms with Crippen molar-refractivity contribution >= 4 is 33.2 Å². The zero-order chi connectivity index (χ0) is 12.7. The highest BCUT2D eigenvalue weighted by Gasteiger charge is 2.10. The number of hydrogen-bond donors (Lipinski definition) is 1. The average Bonchev–Trinajstić information content (AvgIpc) is 2.69. The van der Waals surface area contributed by atoms with E-state index in [1.807, 2.05) is 25.5 Å². The maximum Gasteiger partial charge on any atom is 0.262 e. The maximum absolute atomic E-state index is 11.7. The van der Waals surface area contributed by atoms with Crippen molar-refractivity contribution in [3.05, 3.63) is 20.8 Å². The standard InChI is InChI=1S/C11H17BrN2O2S/c1-14(2)5-7-16-6-4-13-11(15)10-9(12)3-8-17-10/h3,8H,4-7H2,1-2H3,(H,13,15). The van der Waals surface area contributed by atoms with Gasteiger partial charge in [-0.25, -0.2) is 0 Å². The molecule has 0 aromatic carbocycles. The lowest BCUT2D eigenvalue weighted by atomic mass is 10.4. The number of carbonyl (C=O) groups is 1. The number of nitrogens with zero attached hydrogens (tertiary/aromatic N) is 1. The summed E-state index contributed by atoms with van der Waals surface area (Å²) in [6, 6.07) is 1.87. The van der Waals surface area contributed by atoms with Gasteiger partial charge in [0.2, 0.25) is 0 Å². The van der Waals surface area contributed by atoms with Gasteiger partial charge in [-0.3, -0.25) is 4.79 Å². The predicted molar refractivity (Wildman–Crippen MR) is 73.7 cm³/mol. The molecule has 1 rings (SSSR count). The number of hydrogen-bond acceptors (Lipinski definition) is 4. The lowest BCUT2D eigenvalue weighted by molar-refractivity contribution is 0.0903. The Hall–Kier alpha value is -0.430. The lowest BCUT2D eigenvalue weighted by Crippen LogP contribution is -2.28. The molecule has 0 spiro atoms. The van der Waals surface area contributed by atoms with Gasteiger partial charge in [-0.05, 0) is 41.5 Å². The molecule has 0 atom stereocenters. The Kier molecular flexibility index (Phi) is 6.72. The molecule has 1 N–H and O–H groups in total. The lowest BCUT2D eigenvalue weighted by Gasteiger charge is -2.10. The fourth-order valence-electron chi connectivity index (χ4n) is 1.12. The molecule has 17 heavy (non-hydrogen) atoms. The summed E-state index contributed by atoms with van der Waals surface area (Å²) in [4.78, 5) is 14.4. The summed E-state index contributed by atoms with van der Waals surface area (Å²) in [5.74, 6) is -0.0527. The molecule has 1 heterocycles. The Balaban J connectivity index is 2.11. The van der Waals surface area contributed by atoms with Crippen LogP contribution in [-0.2, 0) is 4.74 Å². The number of nitrogens with one attached hydrogen (secondary N) is 1. The molecule has 0 fully saturated rings. The second-order valence-corrected chi connectivity index (χ2v) is 5.54. The van der Waals surface area contributed by atoms with E-state index in [0.717, 1.165) is 11.0 Å². The molecule has 0 saturated heterocycles. The van der Waals surface area contributed by atoms with Gasteiger partial charge in [0.25, 0.3) is 5.91 Å². The SMILES string of the molecule is CN(C)CCOCCNC(=O)c1sccc1Br. The zero-order valence-corrected chi connectivity index (χ0v) is 12.4. The molecule has 1 amide bonds. The predicted octanol–water partition coefficient (Wildman–Crippen LogP) is 1.82. The van der Waals surface area contributed by atoms with Gasteiger partial charge >= 0.3 is 0 Å². The van der Waals surface area contributed by atoms with Gasteiger partial charge < -0.3 is 15.0 Å². The minimum atomic E-state index is -0.0527. The van der Waals surface area contributed by atoms with Crippen LogP contribution in [0.2, 0.25) is 0 Å². The number of thiophene rings is 1. The summed E-state index contributed by atoms with van der Waals surface area (Å²) in [6.45, 7) is 2.66. The molecule has 0 aliphatic heterocycles. The van der Waals surface area contributed by atoms with Crippen molar-refractivity contribution in [2.45, 2.75) is 0 Å². The molecule has 6 heteroatoms. The van der Waals surface area contributed by atoms with Gasteiger partial charge in [0.05, 0.1) is 13.2 Å². The van der Waals surface area contributed by atoms with E-state index in [0.29, 0.717) is 24.6 Å². The molecular weight excluding hydrogens is 304 g/mol. The van der Waals surface area contributed by atoms with Gasteiger partial charge in [0.15, 0.2) is 0 Å². The van der Waals surface area contributed by atoms with E-state index in [9.17, 15) is 4.79 Å². The van der Waals surface area contributed by atoms with Gasteiger partial charge in [0.1, 0.15) is 4.88 Å². The van der Waals surface area contributed by atoms with Crippen LogP contribution in [0.15, 0.2) is 15.9 Å². The minimum absolute atomic E-state index is 0.0527. The fraction of sp³-hybridized carbons (Fsp3) is 0.545. The monoisotopic (exact) mass is 320 g/mol. The largest absolute Gasteiger partial charge is 0.378 e. The highest BCUT2D eigenvalue weighted by molar-refractivity contribution is 9.10. The topological polar surface area (TPSA) is 41.6 Å². The normalized spacial score (nSPS) is 10.8. The second-order valence-electron chi connectivity index (χ2n) is 3.77. The number of amides is 1. The second kappa shape index (κ2) is 7.81. The Morgan fingerprint density at radius 1 is 1.53 bits per heavy atom. The van der Waals surface area contributed by atoms with Crippen molar-refractivity contribution in [1.82, 2.24) is 10.2 Å². The van der Waals surface area contributed by atoms with Crippen LogP contribution in [-0.4, -0.2) is 51.2 Å². The van der Waals surface area contributed by atoms with Crippen molar-refractivity contribution in [2.75, 3.05) is 40.4 Å². The number of halogens is 1. The number of rotatable bonds is 7. The van der Waals surface area contributed by atoms with Crippen LogP contribution in [0.4, 0.5) is 0 Å². The Morgan fingerprint density at radius 3 is 2.88 bits per heavy atom. The van der Waals surface area contributed by atoms with Crippen molar-refractivity contribution in [3.8, 4) is 0 Å². The maximum atomic E-state index is 11.7. The van der Waals surface area contributed by atoms with E-state index in [-0.39, 0.29) is 5.91 Å². The molecule has 4 nitrogen and oxygen atoms in total. The fourth-order valence-corrected chi connectivity index (χ4v) is 2.59. The van der Waals surface area contributed by atoms with E-state index < -0.39 is 0 Å². The third-order valence-electron chi connectivity index (χ3n) is 2.04. The molecular formula is C11H17BrN2O2S. The molecule has 0 aliphatic carbocycles. The molecule has 0 unspecified atom stereocenters. The average molecular weight is 321 g/mol. The number of carbonyl (C=O) groups excluding carboxylic acids is 1. The highest BCUT2D eigenvalue weighted by atomic mass is 79.9. The van der Waals surface area contributed by atoms with Crippen LogP contribution in [0.1, 0.15) is 9.67 Å². The van der Waals surface area contributed by atoms with Crippen molar-refractivity contribution < 1.29 is 9.53 Å². The van der Waals surface area contributed by atoms with Crippen molar-refractivity contribution in [3.63, 3.8) is 0 Å². The minimum Gasteiger partial charge on any atom is -0.378 e. The van der Waals surface area contributed by atoms with Crippen LogP contribution >= 0.6 is 27.3 Å². The summed E-state index contributed by atoms with van der Waals surface area (Å²) >= 11 is 4.75. The van der Waals surface area contributed by atoms with E-state index in [2.05, 4.69) is 26.1 Å². The first-order chi connectivity index (χ1) is 8.11. The van der Waals surface area contributed by atoms with E-state index >= 15 is 0 Å². The van der Waals surface area contributed by atoms with Crippen LogP contribution in [0, 0.1) is 0 Å². The molecule has 96 valence electrons. The Morgan fingerprint density at radius 2 is 2.29 bits per heavy atom. The molecule has 1 aromatic heterocycles. The first kappa shape index (κ1) is 14.6. The summed E-state index contributed by atoms with van der Waals surface area (Å²) in [5, 5.41) is 4.70. The van der Waals surface area contributed by atoms with Gasteiger partial charge in [-0.15, -0.1) is 11.3 Å². The smallest absolute Gasteiger partial charge is 0.262 e. The third-order valence-corrected chi connectivity index (χ3v) is 3.87. The van der Waals surface area contributed by atoms with Crippen molar-refractivity contribution in [1.29, 1.82) is 0 Å². The summed E-state index contributed by atoms with van der Waals surface area (Å²) in [7, 11) is 4.00. The van der Waals surface area contributed by atoms with Crippen LogP contribution in [0.3, 0.4) is 0 Å². The molecule has 0 aliphatic rings. The van der Waals surface area contributed by atoms with E-state index in [1.165, 1.54) is 11.3 Å². The Labute approximate surface area is 114 Å². The summed E-state index contributed by atoms with van der Waals surface area (Å²) in [5.41, 5.74) is 0. The third kappa shape index (κ3) is 5.63. The number of ether oxygens (including phenoxy) is 1. The van der Waals surface area contributed by atoms with E-state index in [1.54, 1.807) is 0 Å². The van der Waals surface area contributed by atoms with Crippen LogP contribution in [0.5, 0.6) is 0 Å². The molecule has 0 bridgehead atoms. The zero-order valence-electron chi connectivity index (χ0n) is 10.0. The summed E-state index contributed by atoms with van der Waals surface area (Å²) in [6.07, 6.45) is 0. The van der Waals surface area contributed by atoms with Gasteiger partial charge in [-0.2, -0.15) is 0 Å². The van der Waals surface area contributed by atoms with Crippen LogP contribution in [0.25, 0.3) is 0 Å². The number of likely N-dealkylation sites (N-methyl/N-ethyl adjacent to an activating group) is 1.